The molecule has 1 saturated carbocycles. The lowest BCUT2D eigenvalue weighted by Crippen LogP contribution is -2.37. The predicted octanol–water partition coefficient (Wildman–Crippen LogP) is 4.46. The van der Waals surface area contributed by atoms with Gasteiger partial charge in [-0.25, -0.2) is 0 Å². The lowest BCUT2D eigenvalue weighted by molar-refractivity contribution is -0.149. The summed E-state index contributed by atoms with van der Waals surface area (Å²) < 4.78 is 0. The maximum absolute atomic E-state index is 12.2. The Hall–Kier alpha value is -1.13. The van der Waals surface area contributed by atoms with Crippen LogP contribution in [0, 0.1) is 11.3 Å². The molecular weight excluding hydrogens is 316 g/mol. The topological polar surface area (TPSA) is 77.8 Å². The minimum atomic E-state index is -0.963. The van der Waals surface area contributed by atoms with E-state index in [1.54, 1.807) is 25.2 Å². The number of aliphatic hydroxyl groups is 2. The van der Waals surface area contributed by atoms with Crippen LogP contribution in [-0.4, -0.2) is 33.5 Å². The van der Waals surface area contributed by atoms with Gasteiger partial charge in [-0.2, -0.15) is 0 Å². The number of unbranched alkanes of at least 4 members (excludes halogenated alkanes) is 2. The molecule has 0 aliphatic heterocycles. The highest BCUT2D eigenvalue weighted by molar-refractivity contribution is 5.77. The molecule has 0 aromatic rings. The molecule has 1 unspecified atom stereocenters. The predicted molar refractivity (Wildman–Crippen MR) is 101 cm³/mol. The average Bonchev–Trinajstić information content (AvgIpc) is 3.09. The van der Waals surface area contributed by atoms with Crippen molar-refractivity contribution in [3.05, 3.63) is 24.3 Å². The van der Waals surface area contributed by atoms with E-state index in [2.05, 4.69) is 6.92 Å². The number of hydrogen-bond donors (Lipinski definition) is 3. The van der Waals surface area contributed by atoms with Gasteiger partial charge in [0.2, 0.25) is 0 Å². The molecular formula is C21H36O4. The van der Waals surface area contributed by atoms with E-state index in [0.29, 0.717) is 19.3 Å². The molecule has 25 heavy (non-hydrogen) atoms. The first kappa shape index (κ1) is 21.9. The summed E-state index contributed by atoms with van der Waals surface area (Å²) in [6.45, 7) is 3.87. The monoisotopic (exact) mass is 352 g/mol. The summed E-state index contributed by atoms with van der Waals surface area (Å²) in [5.74, 6) is -0.673. The van der Waals surface area contributed by atoms with Crippen molar-refractivity contribution < 1.29 is 20.1 Å². The van der Waals surface area contributed by atoms with E-state index in [1.807, 2.05) is 6.08 Å². The van der Waals surface area contributed by atoms with Gasteiger partial charge in [-0.1, -0.05) is 63.3 Å². The molecule has 0 saturated heterocycles. The zero-order chi connectivity index (χ0) is 18.8. The third-order valence-corrected chi connectivity index (χ3v) is 5.50. The molecule has 144 valence electrons. The molecule has 0 aromatic carbocycles. The van der Waals surface area contributed by atoms with Gasteiger partial charge in [0, 0.05) is 0 Å². The number of hydrogen-bond acceptors (Lipinski definition) is 3. The molecule has 0 bridgehead atoms. The number of allylic oxidation sites excluding steroid dienone is 1. The molecule has 1 aliphatic carbocycles. The average molecular weight is 353 g/mol. The molecule has 4 nitrogen and oxygen atoms in total. The Bertz CT molecular complexity index is 447. The van der Waals surface area contributed by atoms with Crippen LogP contribution in [0.5, 0.6) is 0 Å². The van der Waals surface area contributed by atoms with Crippen molar-refractivity contribution >= 4 is 5.97 Å². The SMILES string of the molecule is CCCCCC(C)(O)/C=C\[C@@](CC/C=C/CO)(C(=O)O)C1CCCC1. The second kappa shape index (κ2) is 10.8. The van der Waals surface area contributed by atoms with Gasteiger partial charge in [0.15, 0.2) is 0 Å². The van der Waals surface area contributed by atoms with E-state index < -0.39 is 17.0 Å². The van der Waals surface area contributed by atoms with Crippen LogP contribution in [-0.2, 0) is 4.79 Å². The zero-order valence-corrected chi connectivity index (χ0v) is 15.9. The fourth-order valence-corrected chi connectivity index (χ4v) is 3.88. The third-order valence-electron chi connectivity index (χ3n) is 5.50. The van der Waals surface area contributed by atoms with Gasteiger partial charge in [-0.3, -0.25) is 4.79 Å². The standard InChI is InChI=1S/C21H36O4/c1-3-4-8-13-20(2,25)15-16-21(19(23)24,14-9-5-10-17-22)18-11-6-7-12-18/h5,10,15-16,18,22,25H,3-4,6-9,11-14,17H2,1-2H3,(H,23,24)/b10-5+,16-15-/t20?,21-/m1/s1. The normalized spacial score (nSPS) is 21.0. The van der Waals surface area contributed by atoms with Crippen LogP contribution in [0.2, 0.25) is 0 Å². The molecule has 1 rings (SSSR count). The number of aliphatic carboxylic acids is 1. The van der Waals surface area contributed by atoms with E-state index in [1.165, 1.54) is 0 Å². The van der Waals surface area contributed by atoms with E-state index >= 15 is 0 Å². The van der Waals surface area contributed by atoms with Crippen LogP contribution in [0.4, 0.5) is 0 Å². The van der Waals surface area contributed by atoms with Crippen LogP contribution in [0.15, 0.2) is 24.3 Å². The molecule has 1 fully saturated rings. The Morgan fingerprint density at radius 3 is 2.36 bits per heavy atom. The summed E-state index contributed by atoms with van der Waals surface area (Å²) in [6.07, 6.45) is 15.9. The molecule has 0 amide bonds. The smallest absolute Gasteiger partial charge is 0.313 e. The first-order valence-electron chi connectivity index (χ1n) is 9.80. The van der Waals surface area contributed by atoms with Gasteiger partial charge in [0.1, 0.15) is 0 Å². The van der Waals surface area contributed by atoms with Crippen LogP contribution in [0.3, 0.4) is 0 Å². The molecule has 0 radical (unpaired) electrons. The molecule has 3 N–H and O–H groups in total. The van der Waals surface area contributed by atoms with Crippen molar-refractivity contribution in [2.45, 2.75) is 83.7 Å². The highest BCUT2D eigenvalue weighted by Crippen LogP contribution is 2.45. The van der Waals surface area contributed by atoms with Crippen LogP contribution < -0.4 is 0 Å². The number of rotatable bonds is 12. The Balaban J connectivity index is 2.96. The second-order valence-electron chi connectivity index (χ2n) is 7.67. The first-order chi connectivity index (χ1) is 11.9. The van der Waals surface area contributed by atoms with Crippen molar-refractivity contribution in [1.29, 1.82) is 0 Å². The number of carboxylic acid groups (broad SMARTS) is 1. The lowest BCUT2D eigenvalue weighted by Gasteiger charge is -2.33. The molecule has 1 aliphatic rings. The Morgan fingerprint density at radius 2 is 1.80 bits per heavy atom. The summed E-state index contributed by atoms with van der Waals surface area (Å²) >= 11 is 0. The lowest BCUT2D eigenvalue weighted by atomic mass is 9.70. The second-order valence-corrected chi connectivity index (χ2v) is 7.67. The Kier molecular flexibility index (Phi) is 9.44. The molecule has 0 spiro atoms. The fraction of sp³-hybridized carbons (Fsp3) is 0.762. The van der Waals surface area contributed by atoms with Crippen LogP contribution in [0.1, 0.15) is 78.1 Å². The summed E-state index contributed by atoms with van der Waals surface area (Å²) in [5.41, 5.74) is -1.89. The molecule has 4 heteroatoms. The molecule has 0 aromatic heterocycles. The minimum absolute atomic E-state index is 0.0223. The third kappa shape index (κ3) is 6.95. The van der Waals surface area contributed by atoms with Crippen LogP contribution >= 0.6 is 0 Å². The molecule has 2 atom stereocenters. The first-order valence-corrected chi connectivity index (χ1v) is 9.80. The minimum Gasteiger partial charge on any atom is -0.481 e. The van der Waals surface area contributed by atoms with Gasteiger partial charge in [0.25, 0.3) is 0 Å². The largest absolute Gasteiger partial charge is 0.481 e. The quantitative estimate of drug-likeness (QED) is 0.358. The van der Waals surface area contributed by atoms with E-state index in [0.717, 1.165) is 44.9 Å². The zero-order valence-electron chi connectivity index (χ0n) is 15.9. The summed E-state index contributed by atoms with van der Waals surface area (Å²) in [4.78, 5) is 12.2. The maximum Gasteiger partial charge on any atom is 0.313 e. The van der Waals surface area contributed by atoms with Gasteiger partial charge >= 0.3 is 5.97 Å². The summed E-state index contributed by atoms with van der Waals surface area (Å²) in [6, 6.07) is 0. The van der Waals surface area contributed by atoms with Crippen molar-refractivity contribution in [2.24, 2.45) is 11.3 Å². The highest BCUT2D eigenvalue weighted by Gasteiger charge is 2.44. The number of carboxylic acids is 1. The number of carbonyl (C=O) groups is 1. The molecule has 0 heterocycles. The van der Waals surface area contributed by atoms with Crippen molar-refractivity contribution in [3.63, 3.8) is 0 Å². The van der Waals surface area contributed by atoms with Gasteiger partial charge in [-0.15, -0.1) is 0 Å². The van der Waals surface area contributed by atoms with Crippen molar-refractivity contribution in [1.82, 2.24) is 0 Å². The maximum atomic E-state index is 12.2. The van der Waals surface area contributed by atoms with Crippen molar-refractivity contribution in [2.75, 3.05) is 6.61 Å². The van der Waals surface area contributed by atoms with Gasteiger partial charge in [-0.05, 0) is 44.9 Å². The summed E-state index contributed by atoms with van der Waals surface area (Å²) in [5, 5.41) is 29.5. The number of aliphatic hydroxyl groups excluding tert-OH is 1. The fourth-order valence-electron chi connectivity index (χ4n) is 3.88. The van der Waals surface area contributed by atoms with Crippen molar-refractivity contribution in [3.8, 4) is 0 Å². The Labute approximate surface area is 152 Å². The van der Waals surface area contributed by atoms with Gasteiger partial charge in [0.05, 0.1) is 17.6 Å². The highest BCUT2D eigenvalue weighted by atomic mass is 16.4. The van der Waals surface area contributed by atoms with Crippen LogP contribution in [0.25, 0.3) is 0 Å². The Morgan fingerprint density at radius 1 is 1.12 bits per heavy atom. The van der Waals surface area contributed by atoms with Gasteiger partial charge < -0.3 is 15.3 Å². The van der Waals surface area contributed by atoms with E-state index in [9.17, 15) is 15.0 Å². The summed E-state index contributed by atoms with van der Waals surface area (Å²) in [7, 11) is 0. The van der Waals surface area contributed by atoms with E-state index in [4.69, 9.17) is 5.11 Å². The van der Waals surface area contributed by atoms with E-state index in [-0.39, 0.29) is 12.5 Å².